The monoisotopic (exact) mass is 311 g/mol. The molecule has 2 aromatic rings. The number of amides is 3. The summed E-state index contributed by atoms with van der Waals surface area (Å²) in [5.41, 5.74) is 3.27. The Labute approximate surface area is 136 Å². The van der Waals surface area contributed by atoms with Crippen molar-refractivity contribution < 1.29 is 9.59 Å². The molecule has 0 aliphatic rings. The molecule has 3 N–H and O–H groups in total. The minimum Gasteiger partial charge on any atom is -0.350 e. The van der Waals surface area contributed by atoms with Gasteiger partial charge in [0.05, 0.1) is 0 Å². The fourth-order valence-electron chi connectivity index (χ4n) is 2.13. The maximum absolute atomic E-state index is 12.1. The minimum absolute atomic E-state index is 0.0836. The highest BCUT2D eigenvalue weighted by molar-refractivity contribution is 5.95. The molecule has 0 aromatic heterocycles. The van der Waals surface area contributed by atoms with E-state index in [0.717, 1.165) is 11.1 Å². The van der Waals surface area contributed by atoms with Crippen molar-refractivity contribution >= 4 is 17.6 Å². The van der Waals surface area contributed by atoms with E-state index >= 15 is 0 Å². The smallest absolute Gasteiger partial charge is 0.318 e. The first-order chi connectivity index (χ1) is 11.0. The molecule has 0 aliphatic carbocycles. The van der Waals surface area contributed by atoms with Gasteiger partial charge in [-0.05, 0) is 49.2 Å². The largest absolute Gasteiger partial charge is 0.350 e. The van der Waals surface area contributed by atoms with E-state index in [1.54, 1.807) is 13.1 Å². The van der Waals surface area contributed by atoms with Gasteiger partial charge in [-0.2, -0.15) is 0 Å². The van der Waals surface area contributed by atoms with Crippen LogP contribution >= 0.6 is 0 Å². The Bertz CT molecular complexity index is 694. The Morgan fingerprint density at radius 1 is 0.957 bits per heavy atom. The molecule has 2 aromatic carbocycles. The minimum atomic E-state index is -0.259. The highest BCUT2D eigenvalue weighted by atomic mass is 16.2. The van der Waals surface area contributed by atoms with Gasteiger partial charge in [0.15, 0.2) is 0 Å². The van der Waals surface area contributed by atoms with Gasteiger partial charge in [-0.1, -0.05) is 24.3 Å². The van der Waals surface area contributed by atoms with Crippen molar-refractivity contribution in [1.29, 1.82) is 0 Å². The van der Waals surface area contributed by atoms with Crippen LogP contribution in [0.4, 0.5) is 10.5 Å². The lowest BCUT2D eigenvalue weighted by Crippen LogP contribution is -2.30. The number of rotatable bonds is 4. The first kappa shape index (κ1) is 16.5. The zero-order chi connectivity index (χ0) is 16.8. The molecule has 0 fully saturated rings. The van der Waals surface area contributed by atoms with Gasteiger partial charge >= 0.3 is 6.03 Å². The number of hydrogen-bond donors (Lipinski definition) is 3. The van der Waals surface area contributed by atoms with Crippen LogP contribution in [0, 0.1) is 0 Å². The summed E-state index contributed by atoms with van der Waals surface area (Å²) in [5, 5.41) is 8.09. The lowest BCUT2D eigenvalue weighted by molar-refractivity contribution is 0.0943. The summed E-state index contributed by atoms with van der Waals surface area (Å²) >= 11 is 0. The van der Waals surface area contributed by atoms with Crippen LogP contribution in [-0.2, 0) is 0 Å². The maximum Gasteiger partial charge on any atom is 0.318 e. The van der Waals surface area contributed by atoms with Gasteiger partial charge < -0.3 is 16.0 Å². The highest BCUT2D eigenvalue weighted by Crippen LogP contribution is 2.22. The Morgan fingerprint density at radius 2 is 1.65 bits per heavy atom. The van der Waals surface area contributed by atoms with E-state index in [1.807, 2.05) is 56.3 Å². The van der Waals surface area contributed by atoms with E-state index in [4.69, 9.17) is 0 Å². The van der Waals surface area contributed by atoms with Crippen molar-refractivity contribution in [3.05, 3.63) is 54.1 Å². The Balaban J connectivity index is 2.18. The van der Waals surface area contributed by atoms with Gasteiger partial charge in [0.25, 0.3) is 5.91 Å². The summed E-state index contributed by atoms with van der Waals surface area (Å²) in [6, 6.07) is 14.8. The van der Waals surface area contributed by atoms with Crippen molar-refractivity contribution in [3.63, 3.8) is 0 Å². The van der Waals surface area contributed by atoms with E-state index in [0.29, 0.717) is 11.3 Å². The van der Waals surface area contributed by atoms with E-state index in [9.17, 15) is 9.59 Å². The fourth-order valence-corrected chi connectivity index (χ4v) is 2.13. The molecule has 5 heteroatoms. The van der Waals surface area contributed by atoms with Crippen molar-refractivity contribution in [2.75, 3.05) is 12.4 Å². The van der Waals surface area contributed by atoms with Crippen LogP contribution in [0.1, 0.15) is 24.2 Å². The second-order valence-electron chi connectivity index (χ2n) is 5.49. The summed E-state index contributed by atoms with van der Waals surface area (Å²) in [4.78, 5) is 23.4. The molecule has 2 rings (SSSR count). The van der Waals surface area contributed by atoms with Gasteiger partial charge in [-0.25, -0.2) is 4.79 Å². The fraction of sp³-hybridized carbons (Fsp3) is 0.222. The van der Waals surface area contributed by atoms with Crippen LogP contribution in [0.3, 0.4) is 0 Å². The third-order valence-corrected chi connectivity index (χ3v) is 3.25. The summed E-state index contributed by atoms with van der Waals surface area (Å²) in [6.45, 7) is 3.86. The second-order valence-corrected chi connectivity index (χ2v) is 5.49. The van der Waals surface area contributed by atoms with Crippen LogP contribution in [0.2, 0.25) is 0 Å². The zero-order valence-electron chi connectivity index (χ0n) is 13.5. The number of anilines is 1. The van der Waals surface area contributed by atoms with Crippen LogP contribution in [0.25, 0.3) is 11.1 Å². The van der Waals surface area contributed by atoms with Gasteiger partial charge in [-0.3, -0.25) is 4.79 Å². The standard InChI is InChI=1S/C18H21N3O2/c1-12(2)20-17(22)15-6-4-5-14(11-15)13-7-9-16(10-8-13)21-18(23)19-3/h4-12H,1-3H3,(H,20,22)(H2,19,21,23). The van der Waals surface area contributed by atoms with Crippen LogP contribution < -0.4 is 16.0 Å². The van der Waals surface area contributed by atoms with Gasteiger partial charge in [-0.15, -0.1) is 0 Å². The molecule has 0 atom stereocenters. The summed E-state index contributed by atoms with van der Waals surface area (Å²) in [6.07, 6.45) is 0. The molecule has 23 heavy (non-hydrogen) atoms. The maximum atomic E-state index is 12.1. The van der Waals surface area contributed by atoms with E-state index < -0.39 is 0 Å². The van der Waals surface area contributed by atoms with E-state index in [-0.39, 0.29) is 18.0 Å². The van der Waals surface area contributed by atoms with Crippen LogP contribution in [-0.4, -0.2) is 25.0 Å². The number of carbonyl (C=O) groups excluding carboxylic acids is 2. The molecule has 0 saturated carbocycles. The topological polar surface area (TPSA) is 70.2 Å². The predicted molar refractivity (Wildman–Crippen MR) is 92.6 cm³/mol. The lowest BCUT2D eigenvalue weighted by atomic mass is 10.0. The number of urea groups is 1. The molecule has 0 spiro atoms. The number of benzene rings is 2. The molecule has 0 saturated heterocycles. The molecule has 0 bridgehead atoms. The molecular formula is C18H21N3O2. The van der Waals surface area contributed by atoms with Gasteiger partial charge in [0.1, 0.15) is 0 Å². The van der Waals surface area contributed by atoms with Crippen LogP contribution in [0.15, 0.2) is 48.5 Å². The Morgan fingerprint density at radius 3 is 2.26 bits per heavy atom. The number of hydrogen-bond acceptors (Lipinski definition) is 2. The SMILES string of the molecule is CNC(=O)Nc1ccc(-c2cccc(C(=O)NC(C)C)c2)cc1. The van der Waals surface area contributed by atoms with E-state index in [2.05, 4.69) is 16.0 Å². The summed E-state index contributed by atoms with van der Waals surface area (Å²) in [5.74, 6) is -0.0836. The summed E-state index contributed by atoms with van der Waals surface area (Å²) < 4.78 is 0. The molecule has 0 aliphatic heterocycles. The number of carbonyl (C=O) groups is 2. The van der Waals surface area contributed by atoms with Crippen molar-refractivity contribution in [2.45, 2.75) is 19.9 Å². The highest BCUT2D eigenvalue weighted by Gasteiger charge is 2.08. The first-order valence-corrected chi connectivity index (χ1v) is 7.49. The molecule has 0 unspecified atom stereocenters. The first-order valence-electron chi connectivity index (χ1n) is 7.49. The molecule has 3 amide bonds. The number of nitrogens with one attached hydrogen (secondary N) is 3. The zero-order valence-corrected chi connectivity index (χ0v) is 13.5. The van der Waals surface area contributed by atoms with E-state index in [1.165, 1.54) is 0 Å². The molecule has 0 heterocycles. The Kier molecular flexibility index (Phi) is 5.36. The average Bonchev–Trinajstić information content (AvgIpc) is 2.55. The van der Waals surface area contributed by atoms with Gasteiger partial charge in [0.2, 0.25) is 0 Å². The predicted octanol–water partition coefficient (Wildman–Crippen LogP) is 3.24. The normalized spacial score (nSPS) is 10.3. The third kappa shape index (κ3) is 4.57. The Hall–Kier alpha value is -2.82. The van der Waals surface area contributed by atoms with Crippen molar-refractivity contribution in [3.8, 4) is 11.1 Å². The summed E-state index contributed by atoms with van der Waals surface area (Å²) in [7, 11) is 1.57. The molecule has 0 radical (unpaired) electrons. The average molecular weight is 311 g/mol. The molecule has 120 valence electrons. The van der Waals surface area contributed by atoms with Crippen molar-refractivity contribution in [1.82, 2.24) is 10.6 Å². The molecular weight excluding hydrogens is 290 g/mol. The lowest BCUT2D eigenvalue weighted by Gasteiger charge is -2.10. The quantitative estimate of drug-likeness (QED) is 0.811. The van der Waals surface area contributed by atoms with Gasteiger partial charge in [0, 0.05) is 24.3 Å². The third-order valence-electron chi connectivity index (χ3n) is 3.25. The molecule has 5 nitrogen and oxygen atoms in total. The van der Waals surface area contributed by atoms with Crippen molar-refractivity contribution in [2.24, 2.45) is 0 Å². The van der Waals surface area contributed by atoms with Crippen LogP contribution in [0.5, 0.6) is 0 Å². The second kappa shape index (κ2) is 7.45.